The SMILES string of the molecule is CNC1CCN(c2cccc(Br)c2)C1(C)C. The summed E-state index contributed by atoms with van der Waals surface area (Å²) in [4.78, 5) is 2.49. The molecule has 0 bridgehead atoms. The standard InChI is InChI=1S/C13H19BrN2/c1-13(2)12(15-3)7-8-16(13)11-6-4-5-10(14)9-11/h4-6,9,12,15H,7-8H2,1-3H3. The molecule has 0 spiro atoms. The first-order chi connectivity index (χ1) is 7.55. The Kier molecular flexibility index (Phi) is 3.27. The van der Waals surface area contributed by atoms with Crippen molar-refractivity contribution in [2.24, 2.45) is 0 Å². The van der Waals surface area contributed by atoms with Gasteiger partial charge in [-0.3, -0.25) is 0 Å². The second kappa shape index (κ2) is 4.38. The second-order valence-electron chi connectivity index (χ2n) is 4.92. The molecule has 1 N–H and O–H groups in total. The highest BCUT2D eigenvalue weighted by Gasteiger charge is 2.40. The molecule has 0 saturated carbocycles. The summed E-state index contributed by atoms with van der Waals surface area (Å²) in [5.41, 5.74) is 1.48. The predicted molar refractivity (Wildman–Crippen MR) is 73.0 cm³/mol. The van der Waals surface area contributed by atoms with Crippen LogP contribution in [0, 0.1) is 0 Å². The first-order valence-electron chi connectivity index (χ1n) is 5.76. The lowest BCUT2D eigenvalue weighted by atomic mass is 9.95. The molecule has 88 valence electrons. The fourth-order valence-corrected chi connectivity index (χ4v) is 3.08. The lowest BCUT2D eigenvalue weighted by Gasteiger charge is -2.37. The minimum atomic E-state index is 0.176. The first kappa shape index (κ1) is 11.9. The zero-order chi connectivity index (χ0) is 11.8. The van der Waals surface area contributed by atoms with Gasteiger partial charge < -0.3 is 10.2 Å². The summed E-state index contributed by atoms with van der Waals surface area (Å²) in [5.74, 6) is 0. The number of halogens is 1. The van der Waals surface area contributed by atoms with E-state index in [0.717, 1.165) is 11.0 Å². The van der Waals surface area contributed by atoms with Gasteiger partial charge in [-0.15, -0.1) is 0 Å². The Bertz CT molecular complexity index is 376. The third-order valence-electron chi connectivity index (χ3n) is 3.66. The van der Waals surface area contributed by atoms with Crippen molar-refractivity contribution in [3.63, 3.8) is 0 Å². The van der Waals surface area contributed by atoms with E-state index in [-0.39, 0.29) is 5.54 Å². The highest BCUT2D eigenvalue weighted by atomic mass is 79.9. The highest BCUT2D eigenvalue weighted by molar-refractivity contribution is 9.10. The molecular formula is C13H19BrN2. The van der Waals surface area contributed by atoms with Crippen molar-refractivity contribution in [1.82, 2.24) is 5.32 Å². The van der Waals surface area contributed by atoms with Gasteiger partial charge in [0.25, 0.3) is 0 Å². The van der Waals surface area contributed by atoms with Gasteiger partial charge in [0.1, 0.15) is 0 Å². The molecule has 1 saturated heterocycles. The van der Waals surface area contributed by atoms with Gasteiger partial charge in [0.2, 0.25) is 0 Å². The fraction of sp³-hybridized carbons (Fsp3) is 0.538. The van der Waals surface area contributed by atoms with Gasteiger partial charge in [-0.25, -0.2) is 0 Å². The molecule has 0 aromatic heterocycles. The number of nitrogens with one attached hydrogen (secondary N) is 1. The van der Waals surface area contributed by atoms with Crippen LogP contribution in [0.25, 0.3) is 0 Å². The van der Waals surface area contributed by atoms with Gasteiger partial charge in [-0.1, -0.05) is 22.0 Å². The van der Waals surface area contributed by atoms with Crippen LogP contribution >= 0.6 is 15.9 Å². The van der Waals surface area contributed by atoms with Crippen LogP contribution in [0.15, 0.2) is 28.7 Å². The third kappa shape index (κ3) is 1.98. The van der Waals surface area contributed by atoms with Crippen LogP contribution in [0.3, 0.4) is 0 Å². The molecular weight excluding hydrogens is 264 g/mol. The molecule has 0 amide bonds. The Balaban J connectivity index is 2.29. The molecule has 1 aromatic rings. The van der Waals surface area contributed by atoms with Gasteiger partial charge in [-0.05, 0) is 45.5 Å². The maximum Gasteiger partial charge on any atom is 0.0499 e. The molecule has 1 aromatic carbocycles. The molecule has 0 radical (unpaired) electrons. The van der Waals surface area contributed by atoms with E-state index in [1.54, 1.807) is 0 Å². The van der Waals surface area contributed by atoms with Crippen molar-refractivity contribution in [2.45, 2.75) is 31.8 Å². The molecule has 0 aliphatic carbocycles. The van der Waals surface area contributed by atoms with Crippen LogP contribution in [0.5, 0.6) is 0 Å². The lowest BCUT2D eigenvalue weighted by molar-refractivity contribution is 0.403. The van der Waals surface area contributed by atoms with Gasteiger partial charge >= 0.3 is 0 Å². The number of nitrogens with zero attached hydrogens (tertiary/aromatic N) is 1. The molecule has 1 unspecified atom stereocenters. The van der Waals surface area contributed by atoms with Crippen LogP contribution in [-0.2, 0) is 0 Å². The van der Waals surface area contributed by atoms with Crippen molar-refractivity contribution in [3.05, 3.63) is 28.7 Å². The number of anilines is 1. The molecule has 2 rings (SSSR count). The van der Waals surface area contributed by atoms with E-state index in [2.05, 4.69) is 71.3 Å². The van der Waals surface area contributed by atoms with Crippen LogP contribution in [0.2, 0.25) is 0 Å². The largest absolute Gasteiger partial charge is 0.365 e. The molecule has 1 fully saturated rings. The summed E-state index contributed by atoms with van der Waals surface area (Å²) < 4.78 is 1.15. The van der Waals surface area contributed by atoms with Crippen molar-refractivity contribution >= 4 is 21.6 Å². The van der Waals surface area contributed by atoms with E-state index >= 15 is 0 Å². The van der Waals surface area contributed by atoms with E-state index < -0.39 is 0 Å². The summed E-state index contributed by atoms with van der Waals surface area (Å²) in [6.07, 6.45) is 1.20. The Morgan fingerprint density at radius 3 is 2.75 bits per heavy atom. The Morgan fingerprint density at radius 1 is 1.44 bits per heavy atom. The summed E-state index contributed by atoms with van der Waals surface area (Å²) in [5, 5.41) is 3.42. The molecule has 1 heterocycles. The van der Waals surface area contributed by atoms with E-state index in [9.17, 15) is 0 Å². The van der Waals surface area contributed by atoms with Crippen molar-refractivity contribution in [2.75, 3.05) is 18.5 Å². The number of hydrogen-bond acceptors (Lipinski definition) is 2. The monoisotopic (exact) mass is 282 g/mol. The van der Waals surface area contributed by atoms with Crippen molar-refractivity contribution < 1.29 is 0 Å². The summed E-state index contributed by atoms with van der Waals surface area (Å²) in [6.45, 7) is 5.74. The van der Waals surface area contributed by atoms with E-state index in [0.29, 0.717) is 6.04 Å². The first-order valence-corrected chi connectivity index (χ1v) is 6.55. The average Bonchev–Trinajstić information content (AvgIpc) is 2.53. The molecule has 1 atom stereocenters. The minimum Gasteiger partial charge on any atom is -0.365 e. The summed E-state index contributed by atoms with van der Waals surface area (Å²) in [6, 6.07) is 9.11. The molecule has 3 heteroatoms. The number of benzene rings is 1. The smallest absolute Gasteiger partial charge is 0.0499 e. The van der Waals surface area contributed by atoms with Crippen LogP contribution in [0.1, 0.15) is 20.3 Å². The quantitative estimate of drug-likeness (QED) is 0.897. The normalized spacial score (nSPS) is 23.8. The van der Waals surface area contributed by atoms with Crippen molar-refractivity contribution in [3.8, 4) is 0 Å². The topological polar surface area (TPSA) is 15.3 Å². The van der Waals surface area contributed by atoms with E-state index in [4.69, 9.17) is 0 Å². The molecule has 16 heavy (non-hydrogen) atoms. The van der Waals surface area contributed by atoms with Crippen molar-refractivity contribution in [1.29, 1.82) is 0 Å². The lowest BCUT2D eigenvalue weighted by Crippen LogP contribution is -2.50. The maximum absolute atomic E-state index is 3.54. The third-order valence-corrected chi connectivity index (χ3v) is 4.15. The number of hydrogen-bond donors (Lipinski definition) is 1. The van der Waals surface area contributed by atoms with Crippen LogP contribution < -0.4 is 10.2 Å². The average molecular weight is 283 g/mol. The molecule has 2 nitrogen and oxygen atoms in total. The Labute approximate surface area is 106 Å². The Hall–Kier alpha value is -0.540. The molecule has 1 aliphatic rings. The van der Waals surface area contributed by atoms with Gasteiger partial charge in [0, 0.05) is 28.3 Å². The predicted octanol–water partition coefficient (Wildman–Crippen LogP) is 3.03. The second-order valence-corrected chi connectivity index (χ2v) is 5.83. The molecule has 1 aliphatic heterocycles. The summed E-state index contributed by atoms with van der Waals surface area (Å²) in [7, 11) is 2.05. The van der Waals surface area contributed by atoms with Crippen LogP contribution in [0.4, 0.5) is 5.69 Å². The minimum absolute atomic E-state index is 0.176. The number of likely N-dealkylation sites (N-methyl/N-ethyl adjacent to an activating group) is 1. The highest BCUT2D eigenvalue weighted by Crippen LogP contribution is 2.34. The van der Waals surface area contributed by atoms with Gasteiger partial charge in [0.15, 0.2) is 0 Å². The van der Waals surface area contributed by atoms with Gasteiger partial charge in [0.05, 0.1) is 0 Å². The zero-order valence-electron chi connectivity index (χ0n) is 10.1. The maximum atomic E-state index is 3.54. The van der Waals surface area contributed by atoms with E-state index in [1.807, 2.05) is 0 Å². The number of rotatable bonds is 2. The Morgan fingerprint density at radius 2 is 2.19 bits per heavy atom. The van der Waals surface area contributed by atoms with E-state index in [1.165, 1.54) is 12.1 Å². The van der Waals surface area contributed by atoms with Gasteiger partial charge in [-0.2, -0.15) is 0 Å². The zero-order valence-corrected chi connectivity index (χ0v) is 11.7. The summed E-state index contributed by atoms with van der Waals surface area (Å²) >= 11 is 3.54. The fourth-order valence-electron chi connectivity index (χ4n) is 2.69. The van der Waals surface area contributed by atoms with Crippen LogP contribution in [-0.4, -0.2) is 25.2 Å².